The molecular formula is C34H31F3N2O3. The lowest BCUT2D eigenvalue weighted by atomic mass is 9.83. The minimum atomic E-state index is -4.55. The molecule has 3 aromatic carbocycles. The number of aromatic nitrogens is 1. The molecule has 0 atom stereocenters. The lowest BCUT2D eigenvalue weighted by Gasteiger charge is -2.24. The molecule has 1 N–H and O–H groups in total. The molecule has 0 aliphatic carbocycles. The van der Waals surface area contributed by atoms with Crippen molar-refractivity contribution in [2.24, 2.45) is 0 Å². The number of aryl methyl sites for hydroxylation is 1. The molecule has 0 unspecified atom stereocenters. The number of hydrogen-bond donors (Lipinski definition) is 1. The van der Waals surface area contributed by atoms with E-state index in [1.54, 1.807) is 20.0 Å². The van der Waals surface area contributed by atoms with Crippen molar-refractivity contribution in [1.29, 1.82) is 0 Å². The summed E-state index contributed by atoms with van der Waals surface area (Å²) in [6.07, 6.45) is -2.81. The van der Waals surface area contributed by atoms with E-state index in [1.807, 2.05) is 79.7 Å². The quantitative estimate of drug-likeness (QED) is 0.192. The van der Waals surface area contributed by atoms with Crippen LogP contribution in [0.25, 0.3) is 22.0 Å². The van der Waals surface area contributed by atoms with Crippen LogP contribution in [0.4, 0.5) is 13.2 Å². The number of hydrogen-bond acceptors (Lipinski definition) is 4. The second-order valence-electron chi connectivity index (χ2n) is 11.0. The van der Waals surface area contributed by atoms with Gasteiger partial charge in [-0.15, -0.1) is 0 Å². The summed E-state index contributed by atoms with van der Waals surface area (Å²) >= 11 is 0. The molecule has 216 valence electrons. The molecular weight excluding hydrogens is 541 g/mol. The van der Waals surface area contributed by atoms with Crippen LogP contribution in [0.5, 0.6) is 0 Å². The molecule has 0 fully saturated rings. The van der Waals surface area contributed by atoms with Gasteiger partial charge in [0.15, 0.2) is 0 Å². The Labute approximate surface area is 242 Å². The SMILES string of the molecule is Cc1ccc2ncccc2c1CN(Cc1ccc(-c2cccc(C(C)(C)C(=O)O)c2)cc1)Cc1ccc(C(F)(F)F)o1. The summed E-state index contributed by atoms with van der Waals surface area (Å²) in [6, 6.07) is 25.6. The lowest BCUT2D eigenvalue weighted by Crippen LogP contribution is -2.28. The van der Waals surface area contributed by atoms with E-state index < -0.39 is 23.3 Å². The zero-order chi connectivity index (χ0) is 30.1. The van der Waals surface area contributed by atoms with Crippen LogP contribution in [-0.2, 0) is 36.0 Å². The Morgan fingerprint density at radius 1 is 0.881 bits per heavy atom. The van der Waals surface area contributed by atoms with E-state index in [0.717, 1.165) is 44.8 Å². The molecule has 0 bridgehead atoms. The van der Waals surface area contributed by atoms with Crippen LogP contribution in [0.2, 0.25) is 0 Å². The Hall–Kier alpha value is -4.43. The first kappa shape index (κ1) is 29.1. The van der Waals surface area contributed by atoms with E-state index >= 15 is 0 Å². The highest BCUT2D eigenvalue weighted by molar-refractivity contribution is 5.83. The Kier molecular flexibility index (Phi) is 7.93. The van der Waals surface area contributed by atoms with Crippen LogP contribution in [0, 0.1) is 6.92 Å². The van der Waals surface area contributed by atoms with Gasteiger partial charge in [0.25, 0.3) is 0 Å². The molecule has 0 saturated heterocycles. The fourth-order valence-electron chi connectivity index (χ4n) is 5.03. The summed E-state index contributed by atoms with van der Waals surface area (Å²) in [6.45, 7) is 6.49. The first-order chi connectivity index (χ1) is 19.9. The predicted octanol–water partition coefficient (Wildman–Crippen LogP) is 8.39. The molecule has 0 aliphatic rings. The average molecular weight is 573 g/mol. The molecule has 5 rings (SSSR count). The lowest BCUT2D eigenvalue weighted by molar-refractivity contribution is -0.153. The van der Waals surface area contributed by atoms with Crippen molar-refractivity contribution in [3.63, 3.8) is 0 Å². The highest BCUT2D eigenvalue weighted by Gasteiger charge is 2.35. The van der Waals surface area contributed by atoms with Crippen LogP contribution < -0.4 is 0 Å². The van der Waals surface area contributed by atoms with Gasteiger partial charge in [-0.2, -0.15) is 13.2 Å². The van der Waals surface area contributed by atoms with Gasteiger partial charge in [-0.1, -0.05) is 60.7 Å². The van der Waals surface area contributed by atoms with E-state index in [-0.39, 0.29) is 12.3 Å². The summed E-state index contributed by atoms with van der Waals surface area (Å²) in [5.41, 5.74) is 5.47. The van der Waals surface area contributed by atoms with Crippen molar-refractivity contribution < 1.29 is 27.5 Å². The predicted molar refractivity (Wildman–Crippen MR) is 156 cm³/mol. The number of alkyl halides is 3. The number of carboxylic acids is 1. The number of halogens is 3. The van der Waals surface area contributed by atoms with E-state index in [2.05, 4.69) is 9.88 Å². The van der Waals surface area contributed by atoms with E-state index in [9.17, 15) is 23.1 Å². The first-order valence-corrected chi connectivity index (χ1v) is 13.6. The van der Waals surface area contributed by atoms with Gasteiger partial charge in [-0.05, 0) is 78.4 Å². The highest BCUT2D eigenvalue weighted by Crippen LogP contribution is 2.32. The molecule has 0 amide bonds. The normalized spacial score (nSPS) is 12.3. The second kappa shape index (κ2) is 11.4. The van der Waals surface area contributed by atoms with Crippen LogP contribution >= 0.6 is 0 Å². The molecule has 42 heavy (non-hydrogen) atoms. The van der Waals surface area contributed by atoms with E-state index in [1.165, 1.54) is 6.07 Å². The van der Waals surface area contributed by atoms with Gasteiger partial charge in [-0.3, -0.25) is 14.7 Å². The smallest absolute Gasteiger partial charge is 0.449 e. The molecule has 0 saturated carbocycles. The van der Waals surface area contributed by atoms with Gasteiger partial charge in [0.1, 0.15) is 5.76 Å². The summed E-state index contributed by atoms with van der Waals surface area (Å²) < 4.78 is 44.9. The fourth-order valence-corrected chi connectivity index (χ4v) is 5.03. The fraction of sp³-hybridized carbons (Fsp3) is 0.235. The number of pyridine rings is 1. The third kappa shape index (κ3) is 6.24. The largest absolute Gasteiger partial charge is 0.481 e. The van der Waals surface area contributed by atoms with Crippen LogP contribution in [-0.4, -0.2) is 21.0 Å². The number of furan rings is 1. The number of nitrogens with zero attached hydrogens (tertiary/aromatic N) is 2. The molecule has 2 aromatic heterocycles. The van der Waals surface area contributed by atoms with Crippen LogP contribution in [0.3, 0.4) is 0 Å². The van der Waals surface area contributed by atoms with Gasteiger partial charge < -0.3 is 9.52 Å². The molecule has 5 aromatic rings. The number of fused-ring (bicyclic) bond motifs is 1. The van der Waals surface area contributed by atoms with Crippen molar-refractivity contribution in [3.8, 4) is 11.1 Å². The second-order valence-corrected chi connectivity index (χ2v) is 11.0. The minimum absolute atomic E-state index is 0.181. The van der Waals surface area contributed by atoms with Crippen molar-refractivity contribution in [1.82, 2.24) is 9.88 Å². The van der Waals surface area contributed by atoms with Gasteiger partial charge in [0, 0.05) is 24.7 Å². The maximum atomic E-state index is 13.2. The number of aliphatic carboxylic acids is 1. The Morgan fingerprint density at radius 3 is 2.33 bits per heavy atom. The molecule has 5 nitrogen and oxygen atoms in total. The topological polar surface area (TPSA) is 66.6 Å². The Balaban J connectivity index is 1.43. The number of rotatable bonds is 9. The van der Waals surface area contributed by atoms with Gasteiger partial charge >= 0.3 is 12.1 Å². The number of carboxylic acid groups (broad SMARTS) is 1. The van der Waals surface area contributed by atoms with Crippen molar-refractivity contribution in [2.45, 2.75) is 52.0 Å². The van der Waals surface area contributed by atoms with Crippen molar-refractivity contribution >= 4 is 16.9 Å². The van der Waals surface area contributed by atoms with E-state index in [0.29, 0.717) is 18.7 Å². The zero-order valence-electron chi connectivity index (χ0n) is 23.6. The first-order valence-electron chi connectivity index (χ1n) is 13.6. The highest BCUT2D eigenvalue weighted by atomic mass is 19.4. The summed E-state index contributed by atoms with van der Waals surface area (Å²) in [7, 11) is 0. The Morgan fingerprint density at radius 2 is 1.64 bits per heavy atom. The number of benzene rings is 3. The minimum Gasteiger partial charge on any atom is -0.481 e. The van der Waals surface area contributed by atoms with Gasteiger partial charge in [0.2, 0.25) is 5.76 Å². The van der Waals surface area contributed by atoms with Gasteiger partial charge in [-0.25, -0.2) is 0 Å². The number of carbonyl (C=O) groups is 1. The van der Waals surface area contributed by atoms with Gasteiger partial charge in [0.05, 0.1) is 17.5 Å². The third-order valence-electron chi connectivity index (χ3n) is 7.65. The maximum absolute atomic E-state index is 13.2. The monoisotopic (exact) mass is 572 g/mol. The molecule has 8 heteroatoms. The van der Waals surface area contributed by atoms with Crippen LogP contribution in [0.15, 0.2) is 95.5 Å². The van der Waals surface area contributed by atoms with Crippen LogP contribution in [0.1, 0.15) is 47.6 Å². The van der Waals surface area contributed by atoms with Crippen molar-refractivity contribution in [3.05, 3.63) is 125 Å². The molecule has 0 spiro atoms. The summed E-state index contributed by atoms with van der Waals surface area (Å²) in [4.78, 5) is 18.3. The summed E-state index contributed by atoms with van der Waals surface area (Å²) in [5.74, 6) is -1.68. The Bertz CT molecular complexity index is 1720. The summed E-state index contributed by atoms with van der Waals surface area (Å²) in [5, 5.41) is 10.6. The third-order valence-corrected chi connectivity index (χ3v) is 7.65. The van der Waals surface area contributed by atoms with Crippen molar-refractivity contribution in [2.75, 3.05) is 0 Å². The standard InChI is InChI=1S/C34H31F3N2O3/c1-22-9-15-30-28(8-5-17-38-30)29(22)21-39(20-27-14-16-31(42-27)34(35,36)37)19-23-10-12-24(13-11-23)25-6-4-7-26(18-25)33(2,3)32(40)41/h4-18H,19-21H2,1-3H3,(H,40,41). The van der Waals surface area contributed by atoms with E-state index in [4.69, 9.17) is 4.42 Å². The molecule has 2 heterocycles. The maximum Gasteiger partial charge on any atom is 0.449 e. The molecule has 0 radical (unpaired) electrons. The zero-order valence-corrected chi connectivity index (χ0v) is 23.6. The average Bonchev–Trinajstić information content (AvgIpc) is 3.44. The molecule has 0 aliphatic heterocycles.